The van der Waals surface area contributed by atoms with Crippen molar-refractivity contribution in [1.82, 2.24) is 4.90 Å². The quantitative estimate of drug-likeness (QED) is 0.707. The molecule has 0 spiro atoms. The fourth-order valence-electron chi connectivity index (χ4n) is 3.01. The van der Waals surface area contributed by atoms with Crippen molar-refractivity contribution < 1.29 is 4.79 Å². The molecule has 1 aliphatic carbocycles. The maximum Gasteiger partial charge on any atom is 0.142 e. The molecule has 0 amide bonds. The lowest BCUT2D eigenvalue weighted by atomic mass is 9.71. The fourth-order valence-corrected chi connectivity index (χ4v) is 3.01. The number of hydrogen-bond acceptors (Lipinski definition) is 2. The highest BCUT2D eigenvalue weighted by Gasteiger charge is 2.37. The first-order valence-corrected chi connectivity index (χ1v) is 7.28. The zero-order valence-corrected chi connectivity index (χ0v) is 12.1. The van der Waals surface area contributed by atoms with Crippen LogP contribution >= 0.6 is 0 Å². The van der Waals surface area contributed by atoms with E-state index in [-0.39, 0.29) is 11.3 Å². The highest BCUT2D eigenvalue weighted by Crippen LogP contribution is 2.35. The van der Waals surface area contributed by atoms with Crippen LogP contribution in [-0.4, -0.2) is 30.3 Å². The topological polar surface area (TPSA) is 20.3 Å². The molecule has 0 bridgehead atoms. The van der Waals surface area contributed by atoms with Gasteiger partial charge in [0.15, 0.2) is 0 Å². The van der Waals surface area contributed by atoms with Crippen molar-refractivity contribution in [3.05, 3.63) is 0 Å². The molecular weight excluding hydrogens is 210 g/mol. The molecule has 0 aliphatic heterocycles. The molecule has 0 radical (unpaired) electrons. The standard InChI is InChI=1S/C15H29NO/c1-5-10-16(11-6-2)12-13-8-7-9-15(3,4)14(13)17/h13H,5-12H2,1-4H3. The van der Waals surface area contributed by atoms with Crippen LogP contribution in [0.1, 0.15) is 59.8 Å². The molecule has 17 heavy (non-hydrogen) atoms. The van der Waals surface area contributed by atoms with E-state index in [4.69, 9.17) is 0 Å². The number of ketones is 1. The third-order valence-corrected chi connectivity index (χ3v) is 3.95. The summed E-state index contributed by atoms with van der Waals surface area (Å²) in [6, 6.07) is 0. The SMILES string of the molecule is CCCN(CCC)CC1CCCC(C)(C)C1=O. The van der Waals surface area contributed by atoms with E-state index in [2.05, 4.69) is 32.6 Å². The Morgan fingerprint density at radius 2 is 1.82 bits per heavy atom. The Morgan fingerprint density at radius 3 is 2.35 bits per heavy atom. The van der Waals surface area contributed by atoms with Gasteiger partial charge in [-0.2, -0.15) is 0 Å². The summed E-state index contributed by atoms with van der Waals surface area (Å²) in [5, 5.41) is 0. The van der Waals surface area contributed by atoms with Crippen molar-refractivity contribution in [1.29, 1.82) is 0 Å². The number of nitrogens with zero attached hydrogens (tertiary/aromatic N) is 1. The minimum atomic E-state index is -0.0764. The first kappa shape index (κ1) is 14.7. The van der Waals surface area contributed by atoms with Gasteiger partial charge >= 0.3 is 0 Å². The Hall–Kier alpha value is -0.370. The second-order valence-electron chi connectivity index (χ2n) is 6.14. The largest absolute Gasteiger partial charge is 0.303 e. The molecule has 1 fully saturated rings. The molecule has 1 rings (SSSR count). The predicted molar refractivity (Wildman–Crippen MR) is 73.2 cm³/mol. The van der Waals surface area contributed by atoms with Gasteiger partial charge in [0.1, 0.15) is 5.78 Å². The van der Waals surface area contributed by atoms with Crippen molar-refractivity contribution >= 4 is 5.78 Å². The Bertz CT molecular complexity index is 241. The first-order valence-electron chi connectivity index (χ1n) is 7.28. The minimum Gasteiger partial charge on any atom is -0.303 e. The van der Waals surface area contributed by atoms with Crippen LogP contribution in [0, 0.1) is 11.3 Å². The van der Waals surface area contributed by atoms with Gasteiger partial charge in [-0.1, -0.05) is 34.1 Å². The van der Waals surface area contributed by atoms with Crippen LogP contribution in [0.4, 0.5) is 0 Å². The summed E-state index contributed by atoms with van der Waals surface area (Å²) in [4.78, 5) is 14.8. The maximum absolute atomic E-state index is 12.4. The van der Waals surface area contributed by atoms with Gasteiger partial charge in [0.2, 0.25) is 0 Å². The van der Waals surface area contributed by atoms with E-state index in [9.17, 15) is 4.79 Å². The third kappa shape index (κ3) is 4.09. The number of hydrogen-bond donors (Lipinski definition) is 0. The van der Waals surface area contributed by atoms with Gasteiger partial charge in [0.25, 0.3) is 0 Å². The third-order valence-electron chi connectivity index (χ3n) is 3.95. The number of carbonyl (C=O) groups is 1. The molecule has 1 saturated carbocycles. The minimum absolute atomic E-state index is 0.0764. The van der Waals surface area contributed by atoms with Gasteiger partial charge in [-0.3, -0.25) is 4.79 Å². The molecule has 1 unspecified atom stereocenters. The second-order valence-corrected chi connectivity index (χ2v) is 6.14. The van der Waals surface area contributed by atoms with Crippen molar-refractivity contribution in [2.24, 2.45) is 11.3 Å². The predicted octanol–water partition coefficient (Wildman–Crippen LogP) is 3.50. The Labute approximate surface area is 107 Å². The molecule has 1 aliphatic rings. The van der Waals surface area contributed by atoms with Gasteiger partial charge in [-0.25, -0.2) is 0 Å². The molecular formula is C15H29NO. The van der Waals surface area contributed by atoms with Crippen LogP contribution < -0.4 is 0 Å². The molecule has 100 valence electrons. The van der Waals surface area contributed by atoms with E-state index in [1.807, 2.05) is 0 Å². The first-order chi connectivity index (χ1) is 8.01. The summed E-state index contributed by atoms with van der Waals surface area (Å²) in [6.45, 7) is 11.9. The highest BCUT2D eigenvalue weighted by atomic mass is 16.1. The summed E-state index contributed by atoms with van der Waals surface area (Å²) in [6.07, 6.45) is 5.76. The maximum atomic E-state index is 12.4. The van der Waals surface area contributed by atoms with Crippen molar-refractivity contribution in [3.8, 4) is 0 Å². The summed E-state index contributed by atoms with van der Waals surface area (Å²) in [5.74, 6) is 0.790. The molecule has 2 heteroatoms. The normalized spacial score (nSPS) is 24.3. The number of rotatable bonds is 6. The fraction of sp³-hybridized carbons (Fsp3) is 0.933. The highest BCUT2D eigenvalue weighted by molar-refractivity contribution is 5.87. The van der Waals surface area contributed by atoms with E-state index in [1.165, 1.54) is 19.3 Å². The zero-order chi connectivity index (χ0) is 12.9. The molecule has 0 N–H and O–H groups in total. The van der Waals surface area contributed by atoms with Crippen molar-refractivity contribution in [2.45, 2.75) is 59.8 Å². The lowest BCUT2D eigenvalue weighted by molar-refractivity contribution is -0.135. The van der Waals surface area contributed by atoms with E-state index in [1.54, 1.807) is 0 Å². The second kappa shape index (κ2) is 6.53. The van der Waals surface area contributed by atoms with Crippen LogP contribution in [0.3, 0.4) is 0 Å². The van der Waals surface area contributed by atoms with Gasteiger partial charge in [-0.05, 0) is 38.8 Å². The molecule has 0 aromatic rings. The Morgan fingerprint density at radius 1 is 1.24 bits per heavy atom. The van der Waals surface area contributed by atoms with Crippen LogP contribution in [0.15, 0.2) is 0 Å². The average Bonchev–Trinajstić information content (AvgIpc) is 2.25. The Kier molecular flexibility index (Phi) is 5.64. The van der Waals surface area contributed by atoms with Crippen molar-refractivity contribution in [2.75, 3.05) is 19.6 Å². The van der Waals surface area contributed by atoms with E-state index < -0.39 is 0 Å². The smallest absolute Gasteiger partial charge is 0.142 e. The van der Waals surface area contributed by atoms with Crippen LogP contribution in [-0.2, 0) is 4.79 Å². The molecule has 0 heterocycles. The van der Waals surface area contributed by atoms with E-state index in [0.717, 1.165) is 32.5 Å². The van der Waals surface area contributed by atoms with Gasteiger partial charge in [0.05, 0.1) is 0 Å². The van der Waals surface area contributed by atoms with E-state index >= 15 is 0 Å². The summed E-state index contributed by atoms with van der Waals surface area (Å²) in [5.41, 5.74) is -0.0764. The Balaban J connectivity index is 2.56. The zero-order valence-electron chi connectivity index (χ0n) is 12.1. The summed E-state index contributed by atoms with van der Waals surface area (Å²) in [7, 11) is 0. The lowest BCUT2D eigenvalue weighted by Gasteiger charge is -2.36. The molecule has 2 nitrogen and oxygen atoms in total. The average molecular weight is 239 g/mol. The monoisotopic (exact) mass is 239 g/mol. The van der Waals surface area contributed by atoms with Crippen molar-refractivity contribution in [3.63, 3.8) is 0 Å². The summed E-state index contributed by atoms with van der Waals surface area (Å²) >= 11 is 0. The number of carbonyl (C=O) groups excluding carboxylic acids is 1. The molecule has 1 atom stereocenters. The van der Waals surface area contributed by atoms with E-state index in [0.29, 0.717) is 5.78 Å². The lowest BCUT2D eigenvalue weighted by Crippen LogP contribution is -2.42. The van der Waals surface area contributed by atoms with Gasteiger partial charge in [-0.15, -0.1) is 0 Å². The summed E-state index contributed by atoms with van der Waals surface area (Å²) < 4.78 is 0. The number of Topliss-reactive ketones (excluding diaryl/α,β-unsaturated/α-hetero) is 1. The molecule has 0 saturated heterocycles. The van der Waals surface area contributed by atoms with Gasteiger partial charge < -0.3 is 4.90 Å². The van der Waals surface area contributed by atoms with Crippen LogP contribution in [0.5, 0.6) is 0 Å². The van der Waals surface area contributed by atoms with Gasteiger partial charge in [0, 0.05) is 17.9 Å². The molecule has 0 aromatic carbocycles. The molecule has 0 aromatic heterocycles. The van der Waals surface area contributed by atoms with Crippen LogP contribution in [0.2, 0.25) is 0 Å². The van der Waals surface area contributed by atoms with Crippen LogP contribution in [0.25, 0.3) is 0 Å².